The highest BCUT2D eigenvalue weighted by Crippen LogP contribution is 2.36. The summed E-state index contributed by atoms with van der Waals surface area (Å²) in [4.78, 5) is 14.8. The topological polar surface area (TPSA) is 46.8 Å². The first-order valence-corrected chi connectivity index (χ1v) is 14.5. The molecule has 41 heavy (non-hydrogen) atoms. The number of halogens is 1. The number of carbonyl (C=O) groups excluding carboxylic acids is 1. The summed E-state index contributed by atoms with van der Waals surface area (Å²) in [5.74, 6) is 0.588. The summed E-state index contributed by atoms with van der Waals surface area (Å²) in [7, 11) is 1.63. The van der Waals surface area contributed by atoms with Crippen molar-refractivity contribution in [1.29, 1.82) is 0 Å². The molecule has 1 amide bonds. The molecule has 2 heterocycles. The Labute approximate surface area is 243 Å². The molecule has 1 aromatic heterocycles. The van der Waals surface area contributed by atoms with Crippen LogP contribution in [0.2, 0.25) is 0 Å². The van der Waals surface area contributed by atoms with E-state index in [2.05, 4.69) is 54.1 Å². The van der Waals surface area contributed by atoms with Crippen LogP contribution >= 0.6 is 11.8 Å². The minimum atomic E-state index is -0.307. The van der Waals surface area contributed by atoms with Gasteiger partial charge >= 0.3 is 0 Å². The fourth-order valence-electron chi connectivity index (χ4n) is 5.31. The van der Waals surface area contributed by atoms with Gasteiger partial charge in [-0.15, -0.1) is 11.8 Å². The molecule has 0 spiro atoms. The lowest BCUT2D eigenvalue weighted by atomic mass is 9.98. The summed E-state index contributed by atoms with van der Waals surface area (Å²) in [5.41, 5.74) is 6.20. The maximum atomic E-state index is 13.7. The maximum Gasteiger partial charge on any atom is 0.253 e. The molecule has 0 saturated carbocycles. The average Bonchev–Trinajstić information content (AvgIpc) is 3.59. The Bertz CT molecular complexity index is 1730. The number of carbonyl (C=O) groups is 1. The second-order valence-electron chi connectivity index (χ2n) is 10.2. The van der Waals surface area contributed by atoms with Gasteiger partial charge in [-0.05, 0) is 66.1 Å². The minimum absolute atomic E-state index is 0.0941. The summed E-state index contributed by atoms with van der Waals surface area (Å²) in [5, 5.41) is 7.48. The zero-order valence-electron chi connectivity index (χ0n) is 23.0. The van der Waals surface area contributed by atoms with Crippen molar-refractivity contribution in [3.8, 4) is 5.75 Å². The van der Waals surface area contributed by atoms with E-state index >= 15 is 0 Å². The predicted molar refractivity (Wildman–Crippen MR) is 163 cm³/mol. The van der Waals surface area contributed by atoms with Crippen LogP contribution in [0, 0.1) is 12.7 Å². The fraction of sp³-hybridized carbons (Fsp3) is 0.176. The highest BCUT2D eigenvalue weighted by molar-refractivity contribution is 8.00. The Morgan fingerprint density at radius 1 is 1.00 bits per heavy atom. The number of thioether (sulfide) groups is 1. The number of benzene rings is 4. The van der Waals surface area contributed by atoms with E-state index in [1.54, 1.807) is 24.3 Å². The van der Waals surface area contributed by atoms with E-state index in [-0.39, 0.29) is 23.5 Å². The number of hydrazone groups is 1. The Morgan fingerprint density at radius 2 is 1.78 bits per heavy atom. The third-order valence-corrected chi connectivity index (χ3v) is 8.41. The fourth-order valence-corrected chi connectivity index (χ4v) is 6.26. The van der Waals surface area contributed by atoms with Crippen molar-refractivity contribution in [2.75, 3.05) is 12.9 Å². The molecule has 1 aliphatic rings. The molecular formula is C34H30FN3O2S. The highest BCUT2D eigenvalue weighted by Gasteiger charge is 2.33. The number of amides is 1. The molecule has 1 atom stereocenters. The van der Waals surface area contributed by atoms with Gasteiger partial charge < -0.3 is 9.30 Å². The van der Waals surface area contributed by atoms with E-state index in [4.69, 9.17) is 9.84 Å². The van der Waals surface area contributed by atoms with Crippen molar-refractivity contribution in [1.82, 2.24) is 9.58 Å². The van der Waals surface area contributed by atoms with Crippen LogP contribution in [0.25, 0.3) is 10.9 Å². The van der Waals surface area contributed by atoms with Gasteiger partial charge in [0.05, 0.1) is 24.6 Å². The SMILES string of the molecule is COc1ccc(C2=NN(C(=O)CSc3cn(Cc4cccc(C)c4)c4ccccc34)C(c3ccc(F)cc3)C2)cc1. The largest absolute Gasteiger partial charge is 0.497 e. The molecule has 4 aromatic carbocycles. The van der Waals surface area contributed by atoms with Gasteiger partial charge in [-0.1, -0.05) is 60.2 Å². The number of hydrogen-bond acceptors (Lipinski definition) is 4. The lowest BCUT2D eigenvalue weighted by Gasteiger charge is -2.22. The van der Waals surface area contributed by atoms with E-state index < -0.39 is 0 Å². The number of hydrogen-bond donors (Lipinski definition) is 0. The standard InChI is InChI=1S/C34H30FN3O2S/c1-23-6-5-7-24(18-23)20-37-21-33(29-8-3-4-9-31(29)37)41-22-34(39)38-32(26-10-14-27(35)15-11-26)19-30(36-38)25-12-16-28(40-2)17-13-25/h3-18,21,32H,19-20,22H2,1-2H3. The molecule has 6 rings (SSSR count). The number of fused-ring (bicyclic) bond motifs is 1. The second kappa shape index (κ2) is 11.6. The van der Waals surface area contributed by atoms with Crippen molar-refractivity contribution >= 4 is 34.3 Å². The Hall–Kier alpha value is -4.36. The first-order valence-electron chi connectivity index (χ1n) is 13.5. The van der Waals surface area contributed by atoms with Gasteiger partial charge in [-0.3, -0.25) is 4.79 Å². The third kappa shape index (κ3) is 5.77. The van der Waals surface area contributed by atoms with E-state index in [0.717, 1.165) is 44.9 Å². The molecule has 0 saturated heterocycles. The van der Waals surface area contributed by atoms with Crippen molar-refractivity contribution in [3.05, 3.63) is 131 Å². The second-order valence-corrected chi connectivity index (χ2v) is 11.2. The summed E-state index contributed by atoms with van der Waals surface area (Å²) in [6.07, 6.45) is 2.68. The number of aryl methyl sites for hydroxylation is 1. The number of methoxy groups -OCH3 is 1. The van der Waals surface area contributed by atoms with Gasteiger partial charge in [0, 0.05) is 35.0 Å². The Kier molecular flexibility index (Phi) is 7.61. The quantitative estimate of drug-likeness (QED) is 0.183. The van der Waals surface area contributed by atoms with Crippen LogP contribution in [0.3, 0.4) is 0 Å². The molecule has 0 fully saturated rings. The molecule has 1 unspecified atom stereocenters. The van der Waals surface area contributed by atoms with Crippen LogP contribution in [0.5, 0.6) is 5.75 Å². The molecule has 0 aliphatic carbocycles. The molecule has 0 bridgehead atoms. The van der Waals surface area contributed by atoms with E-state index in [0.29, 0.717) is 6.42 Å². The van der Waals surface area contributed by atoms with Crippen LogP contribution in [-0.4, -0.2) is 34.1 Å². The van der Waals surface area contributed by atoms with Crippen LogP contribution in [0.1, 0.15) is 34.7 Å². The van der Waals surface area contributed by atoms with Crippen LogP contribution in [0.15, 0.2) is 113 Å². The third-order valence-electron chi connectivity index (χ3n) is 7.38. The molecule has 5 nitrogen and oxygen atoms in total. The zero-order valence-corrected chi connectivity index (χ0v) is 23.8. The summed E-state index contributed by atoms with van der Waals surface area (Å²) in [6.45, 7) is 2.86. The average molecular weight is 564 g/mol. The summed E-state index contributed by atoms with van der Waals surface area (Å²) < 4.78 is 21.2. The van der Waals surface area contributed by atoms with Crippen LogP contribution in [-0.2, 0) is 11.3 Å². The predicted octanol–water partition coefficient (Wildman–Crippen LogP) is 7.62. The zero-order chi connectivity index (χ0) is 28.3. The van der Waals surface area contributed by atoms with Gasteiger partial charge in [0.15, 0.2) is 0 Å². The lowest BCUT2D eigenvalue weighted by Crippen LogP contribution is -2.28. The molecule has 206 valence electrons. The Morgan fingerprint density at radius 3 is 2.54 bits per heavy atom. The van der Waals surface area contributed by atoms with E-state index in [1.807, 2.05) is 36.4 Å². The van der Waals surface area contributed by atoms with Crippen molar-refractivity contribution in [3.63, 3.8) is 0 Å². The maximum absolute atomic E-state index is 13.7. The van der Waals surface area contributed by atoms with Gasteiger partial charge in [0.1, 0.15) is 11.6 Å². The van der Waals surface area contributed by atoms with Gasteiger partial charge in [0.2, 0.25) is 0 Å². The number of para-hydroxylation sites is 1. The van der Waals surface area contributed by atoms with Crippen molar-refractivity contribution in [2.24, 2.45) is 5.10 Å². The van der Waals surface area contributed by atoms with Crippen molar-refractivity contribution in [2.45, 2.75) is 30.8 Å². The first kappa shape index (κ1) is 26.8. The molecular weight excluding hydrogens is 533 g/mol. The number of nitrogens with zero attached hydrogens (tertiary/aromatic N) is 3. The van der Waals surface area contributed by atoms with E-state index in [9.17, 15) is 9.18 Å². The smallest absolute Gasteiger partial charge is 0.253 e. The Balaban J connectivity index is 1.25. The lowest BCUT2D eigenvalue weighted by molar-refractivity contribution is -0.130. The number of ether oxygens (including phenoxy) is 1. The number of aromatic nitrogens is 1. The van der Waals surface area contributed by atoms with Gasteiger partial charge in [-0.2, -0.15) is 5.10 Å². The molecule has 7 heteroatoms. The molecule has 5 aromatic rings. The first-order chi connectivity index (χ1) is 20.0. The minimum Gasteiger partial charge on any atom is -0.497 e. The number of rotatable bonds is 8. The molecule has 1 aliphatic heterocycles. The van der Waals surface area contributed by atoms with Crippen molar-refractivity contribution < 1.29 is 13.9 Å². The normalized spacial score (nSPS) is 14.9. The van der Waals surface area contributed by atoms with Gasteiger partial charge in [-0.25, -0.2) is 9.40 Å². The summed E-state index contributed by atoms with van der Waals surface area (Å²) >= 11 is 1.52. The monoisotopic (exact) mass is 563 g/mol. The van der Waals surface area contributed by atoms with Gasteiger partial charge in [0.25, 0.3) is 5.91 Å². The van der Waals surface area contributed by atoms with Crippen LogP contribution in [0.4, 0.5) is 4.39 Å². The summed E-state index contributed by atoms with van der Waals surface area (Å²) in [6, 6.07) is 30.5. The highest BCUT2D eigenvalue weighted by atomic mass is 32.2. The van der Waals surface area contributed by atoms with E-state index in [1.165, 1.54) is 35.0 Å². The molecule has 0 N–H and O–H groups in total. The van der Waals surface area contributed by atoms with Crippen LogP contribution < -0.4 is 4.74 Å². The molecule has 0 radical (unpaired) electrons.